The molecule has 0 fully saturated rings. The van der Waals surface area contributed by atoms with Crippen molar-refractivity contribution in [3.63, 3.8) is 0 Å². The van der Waals surface area contributed by atoms with Crippen LogP contribution in [0.5, 0.6) is 0 Å². The summed E-state index contributed by atoms with van der Waals surface area (Å²) in [4.78, 5) is 15.6. The highest BCUT2D eigenvalue weighted by atomic mass is 32.2. The molecule has 0 aliphatic rings. The van der Waals surface area contributed by atoms with Gasteiger partial charge in [0.05, 0.1) is 21.3 Å². The molecule has 4 heteroatoms. The third-order valence-corrected chi connectivity index (χ3v) is 4.72. The molecule has 1 unspecified atom stereocenters. The third-order valence-electron chi connectivity index (χ3n) is 3.76. The first-order chi connectivity index (χ1) is 10.3. The first kappa shape index (κ1) is 16.7. The van der Waals surface area contributed by atoms with Crippen molar-refractivity contribution in [2.24, 2.45) is 0 Å². The summed E-state index contributed by atoms with van der Waals surface area (Å²) in [6.45, 7) is 8.02. The second kappa shape index (κ2) is 6.61. The topological polar surface area (TPSA) is 37.4 Å². The van der Waals surface area contributed by atoms with E-state index in [1.54, 1.807) is 6.26 Å². The highest BCUT2D eigenvalue weighted by molar-refractivity contribution is 7.84. The van der Waals surface area contributed by atoms with Crippen molar-refractivity contribution in [3.8, 4) is 0 Å². The van der Waals surface area contributed by atoms with E-state index in [9.17, 15) is 9.00 Å². The normalized spacial score (nSPS) is 12.9. The Kier molecular flexibility index (Phi) is 5.01. The van der Waals surface area contributed by atoms with Crippen molar-refractivity contribution in [2.75, 3.05) is 6.26 Å². The van der Waals surface area contributed by atoms with Crippen LogP contribution in [-0.2, 0) is 10.8 Å². The summed E-state index contributed by atoms with van der Waals surface area (Å²) in [5.74, 6) is -0.0491. The van der Waals surface area contributed by atoms with E-state index >= 15 is 0 Å². The molecule has 0 bridgehead atoms. The van der Waals surface area contributed by atoms with E-state index in [2.05, 4.69) is 0 Å². The number of hydrogen-bond acceptors (Lipinski definition) is 2. The summed E-state index contributed by atoms with van der Waals surface area (Å²) < 4.78 is 12.1. The SMILES string of the molecule is CC(C)N(C(=O)c1c(S(C)=O)ccc2ccccc12)C(C)C. The van der Waals surface area contributed by atoms with Crippen molar-refractivity contribution < 1.29 is 9.00 Å². The summed E-state index contributed by atoms with van der Waals surface area (Å²) in [6.07, 6.45) is 1.62. The predicted octanol–water partition coefficient (Wildman–Crippen LogP) is 3.84. The number of amides is 1. The fourth-order valence-corrected chi connectivity index (χ4v) is 3.65. The van der Waals surface area contributed by atoms with Crippen molar-refractivity contribution >= 4 is 27.5 Å². The second-order valence-corrected chi connectivity index (χ2v) is 7.36. The molecule has 118 valence electrons. The number of benzene rings is 2. The highest BCUT2D eigenvalue weighted by Crippen LogP contribution is 2.27. The van der Waals surface area contributed by atoms with Crippen molar-refractivity contribution in [3.05, 3.63) is 42.0 Å². The van der Waals surface area contributed by atoms with Gasteiger partial charge in [0.1, 0.15) is 0 Å². The Morgan fingerprint density at radius 1 is 1.00 bits per heavy atom. The van der Waals surface area contributed by atoms with E-state index in [4.69, 9.17) is 0 Å². The van der Waals surface area contributed by atoms with Gasteiger partial charge < -0.3 is 4.90 Å². The van der Waals surface area contributed by atoms with Crippen LogP contribution in [0.2, 0.25) is 0 Å². The van der Waals surface area contributed by atoms with Gasteiger partial charge in [0.25, 0.3) is 5.91 Å². The molecule has 0 radical (unpaired) electrons. The van der Waals surface area contributed by atoms with Crippen molar-refractivity contribution in [1.82, 2.24) is 4.90 Å². The molecule has 2 aromatic rings. The van der Waals surface area contributed by atoms with E-state index in [-0.39, 0.29) is 18.0 Å². The minimum absolute atomic E-state index is 0.0491. The van der Waals surface area contributed by atoms with Gasteiger partial charge in [-0.2, -0.15) is 0 Å². The molecule has 0 saturated carbocycles. The summed E-state index contributed by atoms with van der Waals surface area (Å²) in [6, 6.07) is 11.7. The Hall–Kier alpha value is -1.68. The maximum Gasteiger partial charge on any atom is 0.256 e. The van der Waals surface area contributed by atoms with Crippen LogP contribution in [0.1, 0.15) is 38.1 Å². The lowest BCUT2D eigenvalue weighted by Crippen LogP contribution is -2.42. The summed E-state index contributed by atoms with van der Waals surface area (Å²) >= 11 is 0. The number of hydrogen-bond donors (Lipinski definition) is 0. The molecule has 2 aromatic carbocycles. The quantitative estimate of drug-likeness (QED) is 0.859. The zero-order chi connectivity index (χ0) is 16.4. The van der Waals surface area contributed by atoms with Crippen LogP contribution in [0.15, 0.2) is 41.3 Å². The van der Waals surface area contributed by atoms with Gasteiger partial charge in [-0.1, -0.05) is 30.3 Å². The molecule has 1 atom stereocenters. The summed E-state index contributed by atoms with van der Waals surface area (Å²) in [5, 5.41) is 1.86. The molecule has 0 aromatic heterocycles. The van der Waals surface area contributed by atoms with Gasteiger partial charge in [-0.05, 0) is 44.5 Å². The van der Waals surface area contributed by atoms with Gasteiger partial charge in [0, 0.05) is 18.3 Å². The first-order valence-electron chi connectivity index (χ1n) is 7.52. The average Bonchev–Trinajstić information content (AvgIpc) is 2.44. The van der Waals surface area contributed by atoms with Crippen LogP contribution in [0, 0.1) is 0 Å². The van der Waals surface area contributed by atoms with Crippen LogP contribution >= 0.6 is 0 Å². The largest absolute Gasteiger partial charge is 0.334 e. The molecule has 3 nitrogen and oxygen atoms in total. The monoisotopic (exact) mass is 317 g/mol. The van der Waals surface area contributed by atoms with Gasteiger partial charge in [-0.3, -0.25) is 9.00 Å². The lowest BCUT2D eigenvalue weighted by atomic mass is 10.0. The molecule has 22 heavy (non-hydrogen) atoms. The Morgan fingerprint density at radius 3 is 2.14 bits per heavy atom. The summed E-state index contributed by atoms with van der Waals surface area (Å²) in [7, 11) is -1.21. The number of rotatable bonds is 4. The fourth-order valence-electron chi connectivity index (χ4n) is 2.91. The van der Waals surface area contributed by atoms with Crippen LogP contribution in [-0.4, -0.2) is 33.4 Å². The number of nitrogens with zero attached hydrogens (tertiary/aromatic N) is 1. The minimum atomic E-state index is -1.21. The van der Waals surface area contributed by atoms with Gasteiger partial charge in [0.15, 0.2) is 0 Å². The Balaban J connectivity index is 2.73. The van der Waals surface area contributed by atoms with Gasteiger partial charge in [0.2, 0.25) is 0 Å². The molecule has 0 saturated heterocycles. The third kappa shape index (κ3) is 3.07. The average molecular weight is 317 g/mol. The number of carbonyl (C=O) groups excluding carboxylic acids is 1. The molecule has 1 amide bonds. The lowest BCUT2D eigenvalue weighted by molar-refractivity contribution is 0.0642. The molecule has 0 N–H and O–H groups in total. The fraction of sp³-hybridized carbons (Fsp3) is 0.389. The molecule has 0 aliphatic carbocycles. The van der Waals surface area contributed by atoms with E-state index in [1.807, 2.05) is 69.0 Å². The predicted molar refractivity (Wildman–Crippen MR) is 92.7 cm³/mol. The summed E-state index contributed by atoms with van der Waals surface area (Å²) in [5.41, 5.74) is 0.571. The van der Waals surface area contributed by atoms with Crippen LogP contribution < -0.4 is 0 Å². The standard InChI is InChI=1S/C18H23NO2S/c1-12(2)19(13(3)4)18(20)17-15-9-7-6-8-14(15)10-11-16(17)22(5)21/h6-13H,1-5H3. The molecule has 2 rings (SSSR count). The van der Waals surface area contributed by atoms with Crippen LogP contribution in [0.3, 0.4) is 0 Å². The van der Waals surface area contributed by atoms with Gasteiger partial charge >= 0.3 is 0 Å². The second-order valence-electron chi connectivity index (χ2n) is 6.01. The van der Waals surface area contributed by atoms with E-state index < -0.39 is 10.8 Å². The maximum atomic E-state index is 13.2. The zero-order valence-corrected chi connectivity index (χ0v) is 14.6. The maximum absolute atomic E-state index is 13.2. The van der Waals surface area contributed by atoms with Crippen molar-refractivity contribution in [2.45, 2.75) is 44.7 Å². The van der Waals surface area contributed by atoms with Gasteiger partial charge in [-0.25, -0.2) is 0 Å². The van der Waals surface area contributed by atoms with E-state index in [0.717, 1.165) is 10.8 Å². The lowest BCUT2D eigenvalue weighted by Gasteiger charge is -2.31. The highest BCUT2D eigenvalue weighted by Gasteiger charge is 2.26. The van der Waals surface area contributed by atoms with Gasteiger partial charge in [-0.15, -0.1) is 0 Å². The molecular weight excluding hydrogens is 294 g/mol. The number of carbonyl (C=O) groups is 1. The zero-order valence-electron chi connectivity index (χ0n) is 13.8. The first-order valence-corrected chi connectivity index (χ1v) is 9.08. The number of fused-ring (bicyclic) bond motifs is 1. The molecule has 0 heterocycles. The molecular formula is C18H23NO2S. The van der Waals surface area contributed by atoms with Crippen LogP contribution in [0.4, 0.5) is 0 Å². The van der Waals surface area contributed by atoms with E-state index in [1.165, 1.54) is 0 Å². The Morgan fingerprint density at radius 2 is 1.59 bits per heavy atom. The molecule has 0 aliphatic heterocycles. The van der Waals surface area contributed by atoms with E-state index in [0.29, 0.717) is 10.5 Å². The van der Waals surface area contributed by atoms with Crippen molar-refractivity contribution in [1.29, 1.82) is 0 Å². The Labute approximate surface area is 134 Å². The molecule has 0 spiro atoms. The van der Waals surface area contributed by atoms with Crippen LogP contribution in [0.25, 0.3) is 10.8 Å². The Bertz CT molecular complexity index is 714. The smallest absolute Gasteiger partial charge is 0.256 e. The minimum Gasteiger partial charge on any atom is -0.334 e.